The second-order valence-corrected chi connectivity index (χ2v) is 14.6. The molecule has 2 saturated heterocycles. The number of likely N-dealkylation sites (tertiary alicyclic amines) is 1. The smallest absolute Gasteiger partial charge is 0.169 e. The summed E-state index contributed by atoms with van der Waals surface area (Å²) < 4.78 is 13.7. The van der Waals surface area contributed by atoms with Gasteiger partial charge in [0.1, 0.15) is 0 Å². The fraction of sp³-hybridized carbons (Fsp3) is 0.818. The molecule has 2 rings (SSSR count). The maximum Gasteiger partial charge on any atom is 0.169 e. The second kappa shape index (κ2) is 29.7. The van der Waals surface area contributed by atoms with Crippen LogP contribution in [0.25, 0.3) is 0 Å². The second-order valence-electron chi connectivity index (χ2n) is 14.6. The van der Waals surface area contributed by atoms with Crippen molar-refractivity contribution >= 4 is 0 Å². The number of allylic oxidation sites excluding steroid dienone is 8. The van der Waals surface area contributed by atoms with Crippen molar-refractivity contribution in [3.63, 3.8) is 0 Å². The Morgan fingerprint density at radius 3 is 1.34 bits per heavy atom. The highest BCUT2D eigenvalue weighted by molar-refractivity contribution is 4.94. The molecule has 0 aromatic heterocycles. The van der Waals surface area contributed by atoms with Gasteiger partial charge in [0.05, 0.1) is 12.2 Å². The number of rotatable bonds is 31. The van der Waals surface area contributed by atoms with Gasteiger partial charge in [-0.15, -0.1) is 0 Å². The molecule has 0 aromatic carbocycles. The summed E-state index contributed by atoms with van der Waals surface area (Å²) in [5.41, 5.74) is 0. The maximum atomic E-state index is 6.84. The minimum Gasteiger partial charge on any atom is -0.344 e. The number of likely N-dealkylation sites (N-methyl/N-ethyl adjacent to an activating group) is 1. The first kappa shape index (κ1) is 42.0. The predicted octanol–water partition coefficient (Wildman–Crippen LogP) is 13.6. The number of hydrogen-bond donors (Lipinski definition) is 0. The first-order valence-corrected chi connectivity index (χ1v) is 20.9. The number of piperidine rings is 1. The Kier molecular flexibility index (Phi) is 26.6. The highest BCUT2D eigenvalue weighted by Gasteiger charge is 2.48. The molecule has 0 N–H and O–H groups in total. The zero-order valence-corrected chi connectivity index (χ0v) is 31.8. The fourth-order valence-electron chi connectivity index (χ4n) is 7.20. The van der Waals surface area contributed by atoms with Crippen LogP contribution in [0.15, 0.2) is 48.6 Å². The van der Waals surface area contributed by atoms with E-state index in [1.165, 1.54) is 141 Å². The highest BCUT2D eigenvalue weighted by atomic mass is 16.8. The molecule has 47 heavy (non-hydrogen) atoms. The molecule has 272 valence electrons. The Labute approximate surface area is 294 Å². The summed E-state index contributed by atoms with van der Waals surface area (Å²) in [6, 6.07) is 0. The summed E-state index contributed by atoms with van der Waals surface area (Å²) in [5.74, 6) is -0.316. The summed E-state index contributed by atoms with van der Waals surface area (Å²) >= 11 is 0. The minimum absolute atomic E-state index is 0.276. The van der Waals surface area contributed by atoms with Crippen molar-refractivity contribution in [2.45, 2.75) is 212 Å². The van der Waals surface area contributed by atoms with Crippen molar-refractivity contribution in [1.29, 1.82) is 0 Å². The molecule has 2 heterocycles. The van der Waals surface area contributed by atoms with Gasteiger partial charge in [-0.05, 0) is 90.0 Å². The summed E-state index contributed by atoms with van der Waals surface area (Å²) in [6.45, 7) is 10.2. The van der Waals surface area contributed by atoms with E-state index < -0.39 is 0 Å². The van der Waals surface area contributed by atoms with E-state index in [2.05, 4.69) is 74.3 Å². The normalized spacial score (nSPS) is 22.2. The number of nitrogens with zero attached hydrogens (tertiary/aromatic N) is 1. The number of fused-ring (bicyclic) bond motifs is 1. The van der Waals surface area contributed by atoms with Crippen LogP contribution in [0.2, 0.25) is 0 Å². The van der Waals surface area contributed by atoms with Crippen LogP contribution in [-0.2, 0) is 9.47 Å². The number of ether oxygens (including phenoxy) is 2. The van der Waals surface area contributed by atoms with Gasteiger partial charge in [0, 0.05) is 25.9 Å². The van der Waals surface area contributed by atoms with E-state index in [4.69, 9.17) is 9.47 Å². The van der Waals surface area contributed by atoms with Crippen molar-refractivity contribution in [2.24, 2.45) is 0 Å². The molecule has 0 radical (unpaired) electrons. The third-order valence-electron chi connectivity index (χ3n) is 10.3. The molecule has 2 aliphatic heterocycles. The standard InChI is InChI=1S/C44H79NO2/c1-4-7-9-11-13-15-17-19-21-23-25-27-29-31-33-35-38-44(46-42-37-40-45(6-3)41-43(42)47-44)39-36-34-32-30-28-26-24-22-20-18-16-14-12-10-8-5-2/h13-16,19-22,42-43H,4-12,17-18,23-41H2,1-3H3/t42-,43-,44?/m0/s1. The molecule has 0 aliphatic carbocycles. The quantitative estimate of drug-likeness (QED) is 0.0549. The van der Waals surface area contributed by atoms with Crippen LogP contribution in [-0.4, -0.2) is 42.5 Å². The fourth-order valence-corrected chi connectivity index (χ4v) is 7.20. The van der Waals surface area contributed by atoms with Gasteiger partial charge in [-0.3, -0.25) is 0 Å². The molecule has 2 fully saturated rings. The van der Waals surface area contributed by atoms with Gasteiger partial charge in [0.25, 0.3) is 0 Å². The molecule has 0 spiro atoms. The molecule has 0 saturated carbocycles. The van der Waals surface area contributed by atoms with E-state index in [-0.39, 0.29) is 11.9 Å². The van der Waals surface area contributed by atoms with Gasteiger partial charge in [-0.25, -0.2) is 0 Å². The summed E-state index contributed by atoms with van der Waals surface area (Å²) in [4.78, 5) is 2.54. The van der Waals surface area contributed by atoms with Gasteiger partial charge in [0.15, 0.2) is 5.79 Å². The zero-order valence-electron chi connectivity index (χ0n) is 31.8. The molecule has 2 aliphatic rings. The van der Waals surface area contributed by atoms with E-state index in [0.29, 0.717) is 6.10 Å². The lowest BCUT2D eigenvalue weighted by Gasteiger charge is -2.31. The van der Waals surface area contributed by atoms with Crippen LogP contribution in [0.5, 0.6) is 0 Å². The van der Waals surface area contributed by atoms with Gasteiger partial charge >= 0.3 is 0 Å². The summed E-state index contributed by atoms with van der Waals surface area (Å²) in [6.07, 6.45) is 53.9. The molecule has 0 unspecified atom stereocenters. The number of hydrogen-bond acceptors (Lipinski definition) is 3. The van der Waals surface area contributed by atoms with E-state index in [9.17, 15) is 0 Å². The molecule has 0 bridgehead atoms. The van der Waals surface area contributed by atoms with E-state index in [1.54, 1.807) is 0 Å². The van der Waals surface area contributed by atoms with Crippen molar-refractivity contribution in [3.05, 3.63) is 48.6 Å². The largest absolute Gasteiger partial charge is 0.344 e. The van der Waals surface area contributed by atoms with Gasteiger partial charge < -0.3 is 14.4 Å². The van der Waals surface area contributed by atoms with Crippen LogP contribution >= 0.6 is 0 Å². The van der Waals surface area contributed by atoms with E-state index in [1.807, 2.05) is 0 Å². The third-order valence-corrected chi connectivity index (χ3v) is 10.3. The molecule has 2 atom stereocenters. The van der Waals surface area contributed by atoms with Crippen LogP contribution in [0.1, 0.15) is 194 Å². The lowest BCUT2D eigenvalue weighted by molar-refractivity contribution is -0.185. The van der Waals surface area contributed by atoms with Gasteiger partial charge in [-0.2, -0.15) is 0 Å². The minimum atomic E-state index is -0.316. The molecule has 0 aromatic rings. The van der Waals surface area contributed by atoms with Crippen LogP contribution in [0, 0.1) is 0 Å². The molecule has 3 heteroatoms. The number of unbranched alkanes of at least 4 members (excludes halogenated alkanes) is 18. The average molecular weight is 654 g/mol. The Morgan fingerprint density at radius 1 is 0.489 bits per heavy atom. The lowest BCUT2D eigenvalue weighted by atomic mass is 9.98. The predicted molar refractivity (Wildman–Crippen MR) is 207 cm³/mol. The Bertz CT molecular complexity index is 766. The molecule has 0 amide bonds. The van der Waals surface area contributed by atoms with Crippen molar-refractivity contribution in [1.82, 2.24) is 4.90 Å². The monoisotopic (exact) mass is 654 g/mol. The Hall–Kier alpha value is -1.16. The Morgan fingerprint density at radius 2 is 0.894 bits per heavy atom. The maximum absolute atomic E-state index is 6.84. The van der Waals surface area contributed by atoms with E-state index in [0.717, 1.165) is 51.7 Å². The van der Waals surface area contributed by atoms with Gasteiger partial charge in [0.2, 0.25) is 0 Å². The summed E-state index contributed by atoms with van der Waals surface area (Å²) in [5, 5.41) is 0. The van der Waals surface area contributed by atoms with E-state index >= 15 is 0 Å². The van der Waals surface area contributed by atoms with Crippen molar-refractivity contribution in [2.75, 3.05) is 19.6 Å². The summed E-state index contributed by atoms with van der Waals surface area (Å²) in [7, 11) is 0. The van der Waals surface area contributed by atoms with Crippen LogP contribution in [0.4, 0.5) is 0 Å². The van der Waals surface area contributed by atoms with Crippen LogP contribution in [0.3, 0.4) is 0 Å². The zero-order chi connectivity index (χ0) is 33.5. The van der Waals surface area contributed by atoms with Crippen LogP contribution < -0.4 is 0 Å². The molecular weight excluding hydrogens is 574 g/mol. The average Bonchev–Trinajstić information content (AvgIpc) is 3.45. The molecular formula is C44H79NO2. The third kappa shape index (κ3) is 21.5. The topological polar surface area (TPSA) is 21.7 Å². The highest BCUT2D eigenvalue weighted by Crippen LogP contribution is 2.40. The SMILES string of the molecule is CCCCCC=CCC=CCCCCCCCCC1(CCCCCCCCC=CCC=CCCCCC)O[C@H]2CCN(CC)C[C@@H]2O1. The first-order valence-electron chi connectivity index (χ1n) is 20.9. The van der Waals surface area contributed by atoms with Crippen molar-refractivity contribution in [3.8, 4) is 0 Å². The van der Waals surface area contributed by atoms with Crippen molar-refractivity contribution < 1.29 is 9.47 Å². The molecule has 3 nitrogen and oxygen atoms in total. The van der Waals surface area contributed by atoms with Gasteiger partial charge in [-0.1, -0.05) is 146 Å². The first-order chi connectivity index (χ1) is 23.2. The lowest BCUT2D eigenvalue weighted by Crippen LogP contribution is -2.44. The Balaban J connectivity index is 1.56.